The summed E-state index contributed by atoms with van der Waals surface area (Å²) in [6, 6.07) is 15.5. The Morgan fingerprint density at radius 1 is 1.08 bits per heavy atom. The predicted octanol–water partition coefficient (Wildman–Crippen LogP) is 4.23. The third kappa shape index (κ3) is 4.22. The van der Waals surface area contributed by atoms with Gasteiger partial charge in [0.05, 0.1) is 0 Å². The Morgan fingerprint density at radius 2 is 1.84 bits per heavy atom. The van der Waals surface area contributed by atoms with Gasteiger partial charge in [0.15, 0.2) is 6.10 Å². The van der Waals surface area contributed by atoms with Gasteiger partial charge >= 0.3 is 0 Å². The van der Waals surface area contributed by atoms with Gasteiger partial charge in [0.2, 0.25) is 5.13 Å². The molecule has 0 spiro atoms. The minimum absolute atomic E-state index is 0.256. The second-order valence-corrected chi connectivity index (χ2v) is 6.75. The van der Waals surface area contributed by atoms with Crippen molar-refractivity contribution < 1.29 is 9.53 Å². The van der Waals surface area contributed by atoms with Crippen LogP contribution in [0.25, 0.3) is 10.6 Å². The van der Waals surface area contributed by atoms with Crippen LogP contribution in [-0.4, -0.2) is 22.2 Å². The number of carbonyl (C=O) groups excluding carboxylic acids is 1. The Balaban J connectivity index is 1.63. The van der Waals surface area contributed by atoms with Gasteiger partial charge in [0, 0.05) is 5.56 Å². The number of benzene rings is 2. The topological polar surface area (TPSA) is 64.1 Å². The highest BCUT2D eigenvalue weighted by Gasteiger charge is 2.17. The summed E-state index contributed by atoms with van der Waals surface area (Å²) in [5.74, 6) is 0.418. The molecule has 1 N–H and O–H groups in total. The van der Waals surface area contributed by atoms with E-state index < -0.39 is 6.10 Å². The first-order valence-corrected chi connectivity index (χ1v) is 8.78. The molecule has 1 amide bonds. The number of nitrogens with zero attached hydrogens (tertiary/aromatic N) is 2. The van der Waals surface area contributed by atoms with E-state index >= 15 is 0 Å². The van der Waals surface area contributed by atoms with Crippen LogP contribution in [0, 0.1) is 13.8 Å². The van der Waals surface area contributed by atoms with E-state index in [-0.39, 0.29) is 5.91 Å². The number of aromatic nitrogens is 2. The molecule has 1 aromatic heterocycles. The number of amides is 1. The van der Waals surface area contributed by atoms with E-state index in [1.807, 2.05) is 62.4 Å². The van der Waals surface area contributed by atoms with Gasteiger partial charge in [-0.2, -0.15) is 0 Å². The Hall–Kier alpha value is -2.73. The van der Waals surface area contributed by atoms with Gasteiger partial charge in [-0.05, 0) is 44.0 Å². The van der Waals surface area contributed by atoms with E-state index in [1.54, 1.807) is 6.92 Å². The Kier molecular flexibility index (Phi) is 5.09. The zero-order chi connectivity index (χ0) is 17.8. The zero-order valence-corrected chi connectivity index (χ0v) is 15.1. The fourth-order valence-corrected chi connectivity index (χ4v) is 2.98. The quantitative estimate of drug-likeness (QED) is 0.745. The summed E-state index contributed by atoms with van der Waals surface area (Å²) in [4.78, 5) is 12.3. The van der Waals surface area contributed by atoms with E-state index in [0.717, 1.165) is 16.1 Å². The van der Waals surface area contributed by atoms with Gasteiger partial charge in [-0.25, -0.2) is 0 Å². The summed E-state index contributed by atoms with van der Waals surface area (Å²) in [6.07, 6.45) is -0.633. The Bertz CT molecular complexity index is 877. The van der Waals surface area contributed by atoms with Crippen LogP contribution in [0.4, 0.5) is 5.13 Å². The SMILES string of the molecule is Cc1ccc(O[C@@H](C)C(=O)Nc2nnc(-c3ccccc3)s2)cc1C. The van der Waals surface area contributed by atoms with Crippen molar-refractivity contribution in [1.29, 1.82) is 0 Å². The van der Waals surface area contributed by atoms with E-state index in [2.05, 4.69) is 15.5 Å². The van der Waals surface area contributed by atoms with Crippen molar-refractivity contribution in [2.24, 2.45) is 0 Å². The van der Waals surface area contributed by atoms with Crippen LogP contribution < -0.4 is 10.1 Å². The maximum atomic E-state index is 12.3. The van der Waals surface area contributed by atoms with Crippen LogP contribution in [-0.2, 0) is 4.79 Å². The van der Waals surface area contributed by atoms with Crippen LogP contribution in [0.3, 0.4) is 0 Å². The van der Waals surface area contributed by atoms with Gasteiger partial charge < -0.3 is 4.74 Å². The maximum absolute atomic E-state index is 12.3. The van der Waals surface area contributed by atoms with E-state index in [9.17, 15) is 4.79 Å². The molecule has 0 aliphatic carbocycles. The van der Waals surface area contributed by atoms with E-state index in [4.69, 9.17) is 4.74 Å². The van der Waals surface area contributed by atoms with Gasteiger partial charge in [-0.1, -0.05) is 47.7 Å². The molecule has 0 unspecified atom stereocenters. The van der Waals surface area contributed by atoms with Crippen LogP contribution in [0.15, 0.2) is 48.5 Å². The number of carbonyl (C=O) groups is 1. The lowest BCUT2D eigenvalue weighted by atomic mass is 10.1. The molecule has 1 atom stereocenters. The number of ether oxygens (including phenoxy) is 1. The lowest BCUT2D eigenvalue weighted by Gasteiger charge is -2.14. The zero-order valence-electron chi connectivity index (χ0n) is 14.3. The largest absolute Gasteiger partial charge is 0.481 e. The van der Waals surface area contributed by atoms with Crippen LogP contribution in [0.2, 0.25) is 0 Å². The molecule has 0 saturated heterocycles. The molecular weight excluding hydrogens is 334 g/mol. The highest BCUT2D eigenvalue weighted by Crippen LogP contribution is 2.26. The molecule has 0 saturated carbocycles. The normalized spacial score (nSPS) is 11.8. The first kappa shape index (κ1) is 17.1. The molecule has 128 valence electrons. The molecule has 1 heterocycles. The highest BCUT2D eigenvalue weighted by atomic mass is 32.1. The van der Waals surface area contributed by atoms with Gasteiger partial charge in [-0.15, -0.1) is 10.2 Å². The number of rotatable bonds is 5. The van der Waals surface area contributed by atoms with Crippen molar-refractivity contribution in [3.05, 3.63) is 59.7 Å². The number of nitrogens with one attached hydrogen (secondary N) is 1. The van der Waals surface area contributed by atoms with Gasteiger partial charge in [-0.3, -0.25) is 10.1 Å². The summed E-state index contributed by atoms with van der Waals surface area (Å²) in [5, 5.41) is 12.1. The molecule has 2 aromatic carbocycles. The van der Waals surface area contributed by atoms with Crippen LogP contribution in [0.5, 0.6) is 5.75 Å². The van der Waals surface area contributed by atoms with Crippen LogP contribution in [0.1, 0.15) is 18.1 Å². The third-order valence-electron chi connectivity index (χ3n) is 3.84. The molecule has 25 heavy (non-hydrogen) atoms. The molecule has 0 aliphatic rings. The molecule has 3 rings (SSSR count). The smallest absolute Gasteiger partial charge is 0.266 e. The Labute approximate surface area is 150 Å². The second-order valence-electron chi connectivity index (χ2n) is 5.77. The molecule has 6 heteroatoms. The first-order valence-electron chi connectivity index (χ1n) is 7.96. The van der Waals surface area contributed by atoms with Crippen molar-refractivity contribution in [1.82, 2.24) is 10.2 Å². The van der Waals surface area contributed by atoms with Crippen molar-refractivity contribution in [2.45, 2.75) is 26.9 Å². The summed E-state index contributed by atoms with van der Waals surface area (Å²) < 4.78 is 5.72. The number of aryl methyl sites for hydroxylation is 2. The number of hydrogen-bond acceptors (Lipinski definition) is 5. The monoisotopic (exact) mass is 353 g/mol. The minimum atomic E-state index is -0.633. The summed E-state index contributed by atoms with van der Waals surface area (Å²) in [5.41, 5.74) is 3.29. The molecule has 5 nitrogen and oxygen atoms in total. The summed E-state index contributed by atoms with van der Waals surface area (Å²) in [7, 11) is 0. The summed E-state index contributed by atoms with van der Waals surface area (Å²) in [6.45, 7) is 5.76. The van der Waals surface area contributed by atoms with Crippen molar-refractivity contribution in [3.8, 4) is 16.3 Å². The average Bonchev–Trinajstić information content (AvgIpc) is 3.07. The maximum Gasteiger partial charge on any atom is 0.266 e. The second kappa shape index (κ2) is 7.44. The molecule has 0 fully saturated rings. The average molecular weight is 353 g/mol. The Morgan fingerprint density at radius 3 is 2.56 bits per heavy atom. The minimum Gasteiger partial charge on any atom is -0.481 e. The lowest BCUT2D eigenvalue weighted by Crippen LogP contribution is -2.30. The van der Waals surface area contributed by atoms with E-state index in [1.165, 1.54) is 16.9 Å². The third-order valence-corrected chi connectivity index (χ3v) is 4.72. The molecule has 3 aromatic rings. The number of anilines is 1. The van der Waals surface area contributed by atoms with Crippen molar-refractivity contribution in [3.63, 3.8) is 0 Å². The fraction of sp³-hybridized carbons (Fsp3) is 0.211. The van der Waals surface area contributed by atoms with Crippen LogP contribution >= 0.6 is 11.3 Å². The van der Waals surface area contributed by atoms with Gasteiger partial charge in [0.1, 0.15) is 10.8 Å². The lowest BCUT2D eigenvalue weighted by molar-refractivity contribution is -0.122. The first-order chi connectivity index (χ1) is 12.0. The van der Waals surface area contributed by atoms with Gasteiger partial charge in [0.25, 0.3) is 5.91 Å². The predicted molar refractivity (Wildman–Crippen MR) is 100.0 cm³/mol. The molecule has 0 radical (unpaired) electrons. The molecule has 0 aliphatic heterocycles. The highest BCUT2D eigenvalue weighted by molar-refractivity contribution is 7.18. The molecule has 0 bridgehead atoms. The molecular formula is C19H19N3O2S. The van der Waals surface area contributed by atoms with E-state index in [0.29, 0.717) is 10.9 Å². The fourth-order valence-electron chi connectivity index (χ4n) is 2.22. The van der Waals surface area contributed by atoms with Crippen molar-refractivity contribution >= 4 is 22.4 Å². The summed E-state index contributed by atoms with van der Waals surface area (Å²) >= 11 is 1.33. The van der Waals surface area contributed by atoms with Crippen molar-refractivity contribution in [2.75, 3.05) is 5.32 Å². The standard InChI is InChI=1S/C19H19N3O2S/c1-12-9-10-16(11-13(12)2)24-14(3)17(23)20-19-22-21-18(25-19)15-7-5-4-6-8-15/h4-11,14H,1-3H3,(H,20,22,23)/t14-/m0/s1. The number of hydrogen-bond donors (Lipinski definition) is 1.